The molecule has 1 saturated heterocycles. The quantitative estimate of drug-likeness (QED) is 0.907. The minimum Gasteiger partial charge on any atom is -0.353 e. The fraction of sp³-hybridized carbons (Fsp3) is 0.294. The van der Waals surface area contributed by atoms with E-state index < -0.39 is 17.0 Å². The first kappa shape index (κ1) is 16.3. The van der Waals surface area contributed by atoms with Gasteiger partial charge in [-0.15, -0.1) is 11.8 Å². The SMILES string of the molecule is NC1CCN(c2ncncc2N2C=CS[C@H]2c2c(F)cccc2F)C1. The van der Waals surface area contributed by atoms with Gasteiger partial charge in [0.2, 0.25) is 0 Å². The molecule has 2 aliphatic heterocycles. The summed E-state index contributed by atoms with van der Waals surface area (Å²) >= 11 is 1.35. The van der Waals surface area contributed by atoms with Crippen molar-refractivity contribution in [1.82, 2.24) is 9.97 Å². The Morgan fingerprint density at radius 3 is 2.76 bits per heavy atom. The highest BCUT2D eigenvalue weighted by molar-refractivity contribution is 8.02. The second kappa shape index (κ2) is 6.61. The maximum absolute atomic E-state index is 14.3. The molecule has 0 saturated carbocycles. The third-order valence-electron chi connectivity index (χ3n) is 4.40. The first-order valence-corrected chi connectivity index (χ1v) is 8.94. The molecule has 2 N–H and O–H groups in total. The van der Waals surface area contributed by atoms with E-state index in [1.165, 1.54) is 36.3 Å². The van der Waals surface area contributed by atoms with E-state index in [4.69, 9.17) is 5.73 Å². The molecule has 0 bridgehead atoms. The summed E-state index contributed by atoms with van der Waals surface area (Å²) in [4.78, 5) is 12.4. The molecule has 0 spiro atoms. The molecule has 8 heteroatoms. The second-order valence-electron chi connectivity index (χ2n) is 6.04. The van der Waals surface area contributed by atoms with Gasteiger partial charge in [-0.25, -0.2) is 18.7 Å². The van der Waals surface area contributed by atoms with Gasteiger partial charge in [0, 0.05) is 25.3 Å². The number of nitrogens with two attached hydrogens (primary N) is 1. The Balaban J connectivity index is 1.73. The molecule has 0 amide bonds. The molecule has 0 aliphatic carbocycles. The van der Waals surface area contributed by atoms with Gasteiger partial charge in [0.05, 0.1) is 11.8 Å². The van der Waals surface area contributed by atoms with Crippen LogP contribution in [0.3, 0.4) is 0 Å². The number of nitrogens with zero attached hydrogens (tertiary/aromatic N) is 4. The van der Waals surface area contributed by atoms with Crippen molar-refractivity contribution in [3.63, 3.8) is 0 Å². The minimum absolute atomic E-state index is 0.0328. The Bertz CT molecular complexity index is 795. The van der Waals surface area contributed by atoms with Gasteiger partial charge in [-0.2, -0.15) is 0 Å². The van der Waals surface area contributed by atoms with Crippen molar-refractivity contribution in [3.05, 3.63) is 59.5 Å². The van der Waals surface area contributed by atoms with Crippen molar-refractivity contribution < 1.29 is 8.78 Å². The number of anilines is 2. The average molecular weight is 361 g/mol. The van der Waals surface area contributed by atoms with E-state index in [-0.39, 0.29) is 11.6 Å². The van der Waals surface area contributed by atoms with Crippen molar-refractivity contribution in [3.8, 4) is 0 Å². The van der Waals surface area contributed by atoms with Crippen molar-refractivity contribution in [2.24, 2.45) is 5.73 Å². The first-order valence-electron chi connectivity index (χ1n) is 8.00. The molecule has 5 nitrogen and oxygen atoms in total. The molecular weight excluding hydrogens is 344 g/mol. The summed E-state index contributed by atoms with van der Waals surface area (Å²) < 4.78 is 28.6. The van der Waals surface area contributed by atoms with Crippen molar-refractivity contribution >= 4 is 23.3 Å². The summed E-state index contributed by atoms with van der Waals surface area (Å²) in [6.07, 6.45) is 5.85. The molecule has 1 aromatic heterocycles. The molecule has 0 radical (unpaired) electrons. The van der Waals surface area contributed by atoms with Crippen LogP contribution in [0.25, 0.3) is 0 Å². The molecule has 1 fully saturated rings. The normalized spacial score (nSPS) is 22.8. The highest BCUT2D eigenvalue weighted by Gasteiger charge is 2.32. The summed E-state index contributed by atoms with van der Waals surface area (Å²) in [6, 6.07) is 4.02. The lowest BCUT2D eigenvalue weighted by Gasteiger charge is -2.29. The van der Waals surface area contributed by atoms with Gasteiger partial charge in [0.15, 0.2) is 5.82 Å². The predicted molar refractivity (Wildman–Crippen MR) is 95.1 cm³/mol. The zero-order valence-corrected chi connectivity index (χ0v) is 14.2. The smallest absolute Gasteiger partial charge is 0.156 e. The van der Waals surface area contributed by atoms with Crippen molar-refractivity contribution in [2.45, 2.75) is 17.8 Å². The average Bonchev–Trinajstić information content (AvgIpc) is 3.24. The Kier molecular flexibility index (Phi) is 4.30. The fourth-order valence-corrected chi connectivity index (χ4v) is 4.23. The van der Waals surface area contributed by atoms with E-state index >= 15 is 0 Å². The van der Waals surface area contributed by atoms with Gasteiger partial charge in [-0.05, 0) is 24.0 Å². The van der Waals surface area contributed by atoms with Crippen LogP contribution in [0.2, 0.25) is 0 Å². The summed E-state index contributed by atoms with van der Waals surface area (Å²) in [5, 5.41) is 1.28. The lowest BCUT2D eigenvalue weighted by molar-refractivity contribution is 0.553. The van der Waals surface area contributed by atoms with Crippen LogP contribution in [-0.4, -0.2) is 29.1 Å². The molecule has 1 aromatic carbocycles. The lowest BCUT2D eigenvalue weighted by atomic mass is 10.1. The van der Waals surface area contributed by atoms with Crippen molar-refractivity contribution in [2.75, 3.05) is 22.9 Å². The number of rotatable bonds is 3. The van der Waals surface area contributed by atoms with Crippen LogP contribution >= 0.6 is 11.8 Å². The molecule has 130 valence electrons. The molecule has 25 heavy (non-hydrogen) atoms. The highest BCUT2D eigenvalue weighted by Crippen LogP contribution is 2.45. The largest absolute Gasteiger partial charge is 0.353 e. The first-order chi connectivity index (χ1) is 12.1. The second-order valence-corrected chi connectivity index (χ2v) is 7.03. The number of hydrogen-bond donors (Lipinski definition) is 1. The highest BCUT2D eigenvalue weighted by atomic mass is 32.2. The summed E-state index contributed by atoms with van der Waals surface area (Å²) in [6.45, 7) is 1.50. The molecular formula is C17H17F2N5S. The minimum atomic E-state index is -0.562. The molecule has 1 unspecified atom stereocenters. The van der Waals surface area contributed by atoms with Gasteiger partial charge in [0.1, 0.15) is 29.0 Å². The van der Waals surface area contributed by atoms with Crippen LogP contribution < -0.4 is 15.5 Å². The van der Waals surface area contributed by atoms with E-state index in [1.54, 1.807) is 12.4 Å². The number of aromatic nitrogens is 2. The van der Waals surface area contributed by atoms with Crippen LogP contribution in [0.4, 0.5) is 20.3 Å². The van der Waals surface area contributed by atoms with Gasteiger partial charge >= 0.3 is 0 Å². The van der Waals surface area contributed by atoms with E-state index in [9.17, 15) is 8.78 Å². The molecule has 3 heterocycles. The van der Waals surface area contributed by atoms with Crippen LogP contribution in [0.15, 0.2) is 42.3 Å². The molecule has 2 aromatic rings. The Morgan fingerprint density at radius 2 is 2.04 bits per heavy atom. The lowest BCUT2D eigenvalue weighted by Crippen LogP contribution is -2.29. The number of halogens is 2. The maximum Gasteiger partial charge on any atom is 0.156 e. The molecule has 4 rings (SSSR count). The van der Waals surface area contributed by atoms with Crippen LogP contribution in [0.1, 0.15) is 17.4 Å². The standard InChI is InChI=1S/C17H17F2N5S/c18-12-2-1-3-13(19)15(12)17-24(6-7-25-17)14-8-21-10-22-16(14)23-5-4-11(20)9-23/h1-3,6-8,10-11,17H,4-5,9,20H2/t11?,17-/m0/s1. The zero-order chi connectivity index (χ0) is 17.4. The van der Waals surface area contributed by atoms with E-state index in [0.717, 1.165) is 18.8 Å². The fourth-order valence-electron chi connectivity index (χ4n) is 3.20. The van der Waals surface area contributed by atoms with Crippen LogP contribution in [-0.2, 0) is 0 Å². The number of hydrogen-bond acceptors (Lipinski definition) is 6. The topological polar surface area (TPSA) is 58.3 Å². The van der Waals surface area contributed by atoms with Gasteiger partial charge in [-0.1, -0.05) is 6.07 Å². The van der Waals surface area contributed by atoms with Gasteiger partial charge < -0.3 is 15.5 Å². The van der Waals surface area contributed by atoms with E-state index in [1.807, 2.05) is 10.3 Å². The monoisotopic (exact) mass is 361 g/mol. The Labute approximate surface area is 148 Å². The maximum atomic E-state index is 14.3. The van der Waals surface area contributed by atoms with E-state index in [2.05, 4.69) is 14.9 Å². The van der Waals surface area contributed by atoms with Gasteiger partial charge in [0.25, 0.3) is 0 Å². The predicted octanol–water partition coefficient (Wildman–Crippen LogP) is 3.02. The summed E-state index contributed by atoms with van der Waals surface area (Å²) in [5.41, 5.74) is 6.75. The third-order valence-corrected chi connectivity index (χ3v) is 5.40. The van der Waals surface area contributed by atoms with E-state index in [0.29, 0.717) is 12.2 Å². The van der Waals surface area contributed by atoms with Crippen molar-refractivity contribution in [1.29, 1.82) is 0 Å². The third kappa shape index (κ3) is 2.96. The summed E-state index contributed by atoms with van der Waals surface area (Å²) in [5.74, 6) is -0.391. The number of benzene rings is 1. The van der Waals surface area contributed by atoms with Crippen LogP contribution in [0.5, 0.6) is 0 Å². The molecule has 2 atom stereocenters. The summed E-state index contributed by atoms with van der Waals surface area (Å²) in [7, 11) is 0. The van der Waals surface area contributed by atoms with Gasteiger partial charge in [-0.3, -0.25) is 0 Å². The Hall–Kier alpha value is -2.19. The Morgan fingerprint density at radius 1 is 1.24 bits per heavy atom. The van der Waals surface area contributed by atoms with Crippen LogP contribution in [0, 0.1) is 11.6 Å². The zero-order valence-electron chi connectivity index (χ0n) is 13.3. The molecule has 2 aliphatic rings. The number of thioether (sulfide) groups is 1.